The van der Waals surface area contributed by atoms with Crippen LogP contribution in [0.15, 0.2) is 18.2 Å². The Balaban J connectivity index is 2.59. The first-order chi connectivity index (χ1) is 8.17. The highest BCUT2D eigenvalue weighted by molar-refractivity contribution is 7.98. The molecule has 5 heteroatoms. The zero-order chi connectivity index (χ0) is 12.7. The van der Waals surface area contributed by atoms with E-state index in [0.717, 1.165) is 12.2 Å². The summed E-state index contributed by atoms with van der Waals surface area (Å²) in [6.45, 7) is 0.677. The molecule has 0 aliphatic rings. The van der Waals surface area contributed by atoms with Gasteiger partial charge in [0.2, 0.25) is 0 Å². The molecule has 0 spiro atoms. The van der Waals surface area contributed by atoms with Gasteiger partial charge in [-0.2, -0.15) is 11.8 Å². The van der Waals surface area contributed by atoms with Crippen LogP contribution in [0.3, 0.4) is 0 Å². The van der Waals surface area contributed by atoms with E-state index in [1.54, 1.807) is 37.1 Å². The fourth-order valence-corrected chi connectivity index (χ4v) is 1.82. The van der Waals surface area contributed by atoms with E-state index in [4.69, 9.17) is 10.5 Å². The number of hydrogen-bond donors (Lipinski definition) is 2. The zero-order valence-electron chi connectivity index (χ0n) is 10.2. The topological polar surface area (TPSA) is 64.3 Å². The van der Waals surface area contributed by atoms with Crippen molar-refractivity contribution in [3.05, 3.63) is 23.8 Å². The molecule has 0 aliphatic heterocycles. The van der Waals surface area contributed by atoms with Gasteiger partial charge in [-0.1, -0.05) is 0 Å². The fraction of sp³-hybridized carbons (Fsp3) is 0.417. The minimum atomic E-state index is -0.114. The molecule has 94 valence electrons. The molecule has 0 saturated heterocycles. The van der Waals surface area contributed by atoms with Gasteiger partial charge in [0.25, 0.3) is 5.91 Å². The Hall–Kier alpha value is -1.36. The Morgan fingerprint density at radius 1 is 1.47 bits per heavy atom. The van der Waals surface area contributed by atoms with Gasteiger partial charge < -0.3 is 15.8 Å². The van der Waals surface area contributed by atoms with Crippen molar-refractivity contribution in [2.45, 2.75) is 6.42 Å². The number of hydrogen-bond acceptors (Lipinski definition) is 4. The van der Waals surface area contributed by atoms with Gasteiger partial charge in [-0.15, -0.1) is 0 Å². The van der Waals surface area contributed by atoms with Gasteiger partial charge in [0, 0.05) is 23.9 Å². The van der Waals surface area contributed by atoms with E-state index in [1.807, 2.05) is 6.26 Å². The first-order valence-corrected chi connectivity index (χ1v) is 6.78. The number of thioether (sulfide) groups is 1. The minimum Gasteiger partial charge on any atom is -0.497 e. The number of carbonyl (C=O) groups is 1. The Labute approximate surface area is 106 Å². The molecule has 1 rings (SSSR count). The van der Waals surface area contributed by atoms with Crippen LogP contribution in [0.4, 0.5) is 5.69 Å². The molecule has 1 aromatic carbocycles. The summed E-state index contributed by atoms with van der Waals surface area (Å²) in [6.07, 6.45) is 3.01. The van der Waals surface area contributed by atoms with Crippen LogP contribution in [-0.4, -0.2) is 31.6 Å². The highest BCUT2D eigenvalue weighted by Gasteiger charge is 2.07. The maximum absolute atomic E-state index is 11.8. The van der Waals surface area contributed by atoms with Crippen LogP contribution in [0.25, 0.3) is 0 Å². The third-order valence-corrected chi connectivity index (χ3v) is 2.93. The molecule has 4 nitrogen and oxygen atoms in total. The van der Waals surface area contributed by atoms with Crippen LogP contribution >= 0.6 is 11.8 Å². The van der Waals surface area contributed by atoms with E-state index in [0.29, 0.717) is 23.5 Å². The Morgan fingerprint density at radius 3 is 2.88 bits per heavy atom. The molecule has 17 heavy (non-hydrogen) atoms. The summed E-state index contributed by atoms with van der Waals surface area (Å²) in [5.41, 5.74) is 6.75. The lowest BCUT2D eigenvalue weighted by Gasteiger charge is -2.07. The lowest BCUT2D eigenvalue weighted by atomic mass is 10.1. The highest BCUT2D eigenvalue weighted by Crippen LogP contribution is 2.18. The van der Waals surface area contributed by atoms with E-state index in [2.05, 4.69) is 5.32 Å². The third kappa shape index (κ3) is 4.56. The molecule has 1 aromatic rings. The van der Waals surface area contributed by atoms with Crippen molar-refractivity contribution < 1.29 is 9.53 Å². The number of amides is 1. The molecule has 0 bridgehead atoms. The smallest absolute Gasteiger partial charge is 0.251 e. The number of ether oxygens (including phenoxy) is 1. The van der Waals surface area contributed by atoms with Gasteiger partial charge >= 0.3 is 0 Å². The second kappa shape index (κ2) is 7.06. The highest BCUT2D eigenvalue weighted by atomic mass is 32.2. The second-order valence-corrected chi connectivity index (χ2v) is 4.58. The van der Waals surface area contributed by atoms with Crippen LogP contribution in [0, 0.1) is 0 Å². The molecule has 0 unspecified atom stereocenters. The van der Waals surface area contributed by atoms with Crippen molar-refractivity contribution in [2.24, 2.45) is 0 Å². The molecule has 0 fully saturated rings. The van der Waals surface area contributed by atoms with Crippen LogP contribution < -0.4 is 15.8 Å². The number of benzene rings is 1. The molecule has 0 heterocycles. The van der Waals surface area contributed by atoms with Gasteiger partial charge in [0.05, 0.1) is 7.11 Å². The molecule has 3 N–H and O–H groups in total. The van der Waals surface area contributed by atoms with Gasteiger partial charge in [-0.05, 0) is 30.6 Å². The van der Waals surface area contributed by atoms with E-state index in [9.17, 15) is 4.79 Å². The summed E-state index contributed by atoms with van der Waals surface area (Å²) in [7, 11) is 1.55. The zero-order valence-corrected chi connectivity index (χ0v) is 11.0. The van der Waals surface area contributed by atoms with Crippen LogP contribution in [-0.2, 0) is 0 Å². The maximum Gasteiger partial charge on any atom is 0.251 e. The SMILES string of the molecule is COc1cc(N)cc(C(=O)NCCCSC)c1. The first kappa shape index (κ1) is 13.7. The summed E-state index contributed by atoms with van der Waals surface area (Å²) < 4.78 is 5.07. The Kier molecular flexibility index (Phi) is 5.69. The van der Waals surface area contributed by atoms with Crippen molar-refractivity contribution in [1.29, 1.82) is 0 Å². The molecule has 0 radical (unpaired) electrons. The largest absolute Gasteiger partial charge is 0.497 e. The fourth-order valence-electron chi connectivity index (χ4n) is 1.39. The monoisotopic (exact) mass is 254 g/mol. The number of rotatable bonds is 6. The summed E-state index contributed by atoms with van der Waals surface area (Å²) >= 11 is 1.77. The predicted molar refractivity (Wildman–Crippen MR) is 72.7 cm³/mol. The normalized spacial score (nSPS) is 10.0. The number of methoxy groups -OCH3 is 1. The average Bonchev–Trinajstić information content (AvgIpc) is 2.33. The molecule has 0 saturated carbocycles. The van der Waals surface area contributed by atoms with Crippen LogP contribution in [0.1, 0.15) is 16.8 Å². The van der Waals surface area contributed by atoms with Gasteiger partial charge in [-0.25, -0.2) is 0 Å². The van der Waals surface area contributed by atoms with Crippen LogP contribution in [0.2, 0.25) is 0 Å². The van der Waals surface area contributed by atoms with E-state index in [1.165, 1.54) is 0 Å². The number of carbonyl (C=O) groups excluding carboxylic acids is 1. The van der Waals surface area contributed by atoms with E-state index >= 15 is 0 Å². The first-order valence-electron chi connectivity index (χ1n) is 5.39. The molecule has 0 aliphatic carbocycles. The van der Waals surface area contributed by atoms with Gasteiger partial charge in [0.1, 0.15) is 5.75 Å². The number of nitrogens with two attached hydrogens (primary N) is 1. The summed E-state index contributed by atoms with van der Waals surface area (Å²) in [6, 6.07) is 5.01. The van der Waals surface area contributed by atoms with Crippen molar-refractivity contribution in [3.63, 3.8) is 0 Å². The predicted octanol–water partition coefficient (Wildman–Crippen LogP) is 1.76. The molecule has 0 atom stereocenters. The summed E-state index contributed by atoms with van der Waals surface area (Å²) in [5.74, 6) is 1.52. The van der Waals surface area contributed by atoms with Crippen molar-refractivity contribution in [2.75, 3.05) is 31.4 Å². The third-order valence-electron chi connectivity index (χ3n) is 2.24. The van der Waals surface area contributed by atoms with E-state index in [-0.39, 0.29) is 5.91 Å². The Bertz CT molecular complexity index is 383. The van der Waals surface area contributed by atoms with Crippen molar-refractivity contribution in [3.8, 4) is 5.75 Å². The van der Waals surface area contributed by atoms with Gasteiger partial charge in [0.15, 0.2) is 0 Å². The average molecular weight is 254 g/mol. The molecular weight excluding hydrogens is 236 g/mol. The lowest BCUT2D eigenvalue weighted by Crippen LogP contribution is -2.24. The maximum atomic E-state index is 11.8. The Morgan fingerprint density at radius 2 is 2.24 bits per heavy atom. The molecule has 0 aromatic heterocycles. The molecule has 1 amide bonds. The standard InChI is InChI=1S/C12H18N2O2S/c1-16-11-7-9(6-10(13)8-11)12(15)14-4-3-5-17-2/h6-8H,3-5,13H2,1-2H3,(H,14,15). The molecular formula is C12H18N2O2S. The quantitative estimate of drug-likeness (QED) is 0.600. The number of anilines is 1. The summed E-state index contributed by atoms with van der Waals surface area (Å²) in [4.78, 5) is 11.8. The number of nitrogens with one attached hydrogen (secondary N) is 1. The lowest BCUT2D eigenvalue weighted by molar-refractivity contribution is 0.0953. The number of nitrogen functional groups attached to an aromatic ring is 1. The van der Waals surface area contributed by atoms with Crippen molar-refractivity contribution in [1.82, 2.24) is 5.32 Å². The van der Waals surface area contributed by atoms with Gasteiger partial charge in [-0.3, -0.25) is 4.79 Å². The van der Waals surface area contributed by atoms with Crippen molar-refractivity contribution >= 4 is 23.4 Å². The van der Waals surface area contributed by atoms with E-state index < -0.39 is 0 Å². The van der Waals surface area contributed by atoms with Crippen LogP contribution in [0.5, 0.6) is 5.75 Å². The summed E-state index contributed by atoms with van der Waals surface area (Å²) in [5, 5.41) is 2.85. The minimum absolute atomic E-state index is 0.114. The second-order valence-electron chi connectivity index (χ2n) is 3.60.